The van der Waals surface area contributed by atoms with E-state index in [2.05, 4.69) is 11.0 Å². The SMILES string of the molecule is CN(Cc1cccc(F)c1)C1Cc2ccccc2C1O. The van der Waals surface area contributed by atoms with Crippen molar-refractivity contribution in [1.82, 2.24) is 4.90 Å². The molecule has 0 heterocycles. The van der Waals surface area contributed by atoms with Crippen molar-refractivity contribution in [3.8, 4) is 0 Å². The summed E-state index contributed by atoms with van der Waals surface area (Å²) >= 11 is 0. The van der Waals surface area contributed by atoms with Crippen LogP contribution in [0.5, 0.6) is 0 Å². The van der Waals surface area contributed by atoms with Gasteiger partial charge >= 0.3 is 0 Å². The molecule has 104 valence electrons. The largest absolute Gasteiger partial charge is 0.387 e. The van der Waals surface area contributed by atoms with Crippen LogP contribution in [0.3, 0.4) is 0 Å². The minimum absolute atomic E-state index is 0.0515. The van der Waals surface area contributed by atoms with Crippen LogP contribution in [-0.2, 0) is 13.0 Å². The Morgan fingerprint density at radius 3 is 2.75 bits per heavy atom. The van der Waals surface area contributed by atoms with E-state index in [-0.39, 0.29) is 11.9 Å². The summed E-state index contributed by atoms with van der Waals surface area (Å²) < 4.78 is 13.2. The average molecular weight is 271 g/mol. The monoisotopic (exact) mass is 271 g/mol. The Kier molecular flexibility index (Phi) is 3.55. The molecule has 1 aliphatic rings. The summed E-state index contributed by atoms with van der Waals surface area (Å²) in [6.07, 6.45) is 0.369. The fourth-order valence-corrected chi connectivity index (χ4v) is 2.99. The fraction of sp³-hybridized carbons (Fsp3) is 0.294. The molecule has 0 bridgehead atoms. The number of rotatable bonds is 3. The predicted molar refractivity (Wildman–Crippen MR) is 76.8 cm³/mol. The van der Waals surface area contributed by atoms with Gasteiger partial charge in [0, 0.05) is 12.6 Å². The summed E-state index contributed by atoms with van der Waals surface area (Å²) in [5, 5.41) is 10.4. The molecule has 0 spiro atoms. The molecule has 2 atom stereocenters. The van der Waals surface area contributed by atoms with Gasteiger partial charge in [0.1, 0.15) is 5.82 Å². The molecule has 2 unspecified atom stereocenters. The first-order valence-corrected chi connectivity index (χ1v) is 6.85. The lowest BCUT2D eigenvalue weighted by molar-refractivity contribution is 0.0721. The van der Waals surface area contributed by atoms with Crippen LogP contribution in [0.25, 0.3) is 0 Å². The van der Waals surface area contributed by atoms with Crippen LogP contribution in [0, 0.1) is 5.82 Å². The summed E-state index contributed by atoms with van der Waals surface area (Å²) in [5.41, 5.74) is 3.15. The molecule has 2 nitrogen and oxygen atoms in total. The number of hydrogen-bond acceptors (Lipinski definition) is 2. The van der Waals surface area contributed by atoms with Crippen LogP contribution < -0.4 is 0 Å². The topological polar surface area (TPSA) is 23.5 Å². The Hall–Kier alpha value is -1.71. The van der Waals surface area contributed by atoms with E-state index in [1.165, 1.54) is 11.6 Å². The van der Waals surface area contributed by atoms with Crippen molar-refractivity contribution in [2.75, 3.05) is 7.05 Å². The Morgan fingerprint density at radius 2 is 2.00 bits per heavy atom. The fourth-order valence-electron chi connectivity index (χ4n) is 2.99. The highest BCUT2D eigenvalue weighted by atomic mass is 19.1. The van der Waals surface area contributed by atoms with Crippen molar-refractivity contribution in [3.05, 3.63) is 71.0 Å². The summed E-state index contributed by atoms with van der Waals surface area (Å²) in [5.74, 6) is -0.217. The molecule has 0 aliphatic heterocycles. The number of halogens is 1. The van der Waals surface area contributed by atoms with Gasteiger partial charge in [-0.15, -0.1) is 0 Å². The highest BCUT2D eigenvalue weighted by molar-refractivity contribution is 5.36. The highest BCUT2D eigenvalue weighted by Gasteiger charge is 2.33. The first-order chi connectivity index (χ1) is 9.65. The van der Waals surface area contributed by atoms with E-state index < -0.39 is 6.10 Å². The third-order valence-electron chi connectivity index (χ3n) is 4.05. The smallest absolute Gasteiger partial charge is 0.123 e. The lowest BCUT2D eigenvalue weighted by atomic mass is 10.1. The summed E-state index contributed by atoms with van der Waals surface area (Å²) in [6, 6.07) is 14.7. The number of hydrogen-bond donors (Lipinski definition) is 1. The molecule has 2 aromatic carbocycles. The van der Waals surface area contributed by atoms with Crippen molar-refractivity contribution in [2.24, 2.45) is 0 Å². The van der Waals surface area contributed by atoms with E-state index in [0.717, 1.165) is 17.5 Å². The normalized spacial score (nSPS) is 21.2. The van der Waals surface area contributed by atoms with Crippen LogP contribution in [0.4, 0.5) is 4.39 Å². The van der Waals surface area contributed by atoms with Gasteiger partial charge in [-0.2, -0.15) is 0 Å². The molecule has 0 radical (unpaired) electrons. The van der Waals surface area contributed by atoms with Crippen LogP contribution in [-0.4, -0.2) is 23.1 Å². The van der Waals surface area contributed by atoms with Crippen LogP contribution in [0.2, 0.25) is 0 Å². The van der Waals surface area contributed by atoms with Gasteiger partial charge in [0.25, 0.3) is 0 Å². The minimum Gasteiger partial charge on any atom is -0.387 e. The molecular weight excluding hydrogens is 253 g/mol. The second-order valence-corrected chi connectivity index (χ2v) is 5.46. The predicted octanol–water partition coefficient (Wildman–Crippen LogP) is 2.92. The molecule has 0 saturated carbocycles. The number of aliphatic hydroxyl groups excluding tert-OH is 1. The van der Waals surface area contributed by atoms with Gasteiger partial charge in [-0.1, -0.05) is 36.4 Å². The number of nitrogens with zero attached hydrogens (tertiary/aromatic N) is 1. The second-order valence-electron chi connectivity index (χ2n) is 5.46. The minimum atomic E-state index is -0.468. The van der Waals surface area contributed by atoms with Gasteiger partial charge < -0.3 is 5.11 Å². The highest BCUT2D eigenvalue weighted by Crippen LogP contribution is 2.34. The third-order valence-corrected chi connectivity index (χ3v) is 4.05. The van der Waals surface area contributed by atoms with Gasteiger partial charge in [0.2, 0.25) is 0 Å². The van der Waals surface area contributed by atoms with Gasteiger partial charge in [0.05, 0.1) is 6.10 Å². The Bertz CT molecular complexity index is 613. The average Bonchev–Trinajstić information content (AvgIpc) is 2.77. The second kappa shape index (κ2) is 5.35. The van der Waals surface area contributed by atoms with Crippen molar-refractivity contribution >= 4 is 0 Å². The van der Waals surface area contributed by atoms with Crippen molar-refractivity contribution in [3.63, 3.8) is 0 Å². The van der Waals surface area contributed by atoms with Crippen LogP contribution >= 0.6 is 0 Å². The number of benzene rings is 2. The maximum atomic E-state index is 13.2. The molecule has 3 heteroatoms. The molecule has 1 aliphatic carbocycles. The molecule has 0 amide bonds. The molecule has 0 saturated heterocycles. The third kappa shape index (κ3) is 2.47. The molecule has 2 aromatic rings. The summed E-state index contributed by atoms with van der Waals surface area (Å²) in [4.78, 5) is 2.10. The van der Waals surface area contributed by atoms with E-state index in [9.17, 15) is 9.50 Å². The van der Waals surface area contributed by atoms with E-state index in [4.69, 9.17) is 0 Å². The standard InChI is InChI=1S/C17H18FNO/c1-19(11-12-5-4-7-14(18)9-12)16-10-13-6-2-3-8-15(13)17(16)20/h2-9,16-17,20H,10-11H2,1H3. The Morgan fingerprint density at radius 1 is 1.20 bits per heavy atom. The van der Waals surface area contributed by atoms with Crippen molar-refractivity contribution < 1.29 is 9.50 Å². The molecular formula is C17H18FNO. The zero-order valence-corrected chi connectivity index (χ0v) is 11.5. The number of aliphatic hydroxyl groups is 1. The zero-order chi connectivity index (χ0) is 14.1. The van der Waals surface area contributed by atoms with E-state index in [1.807, 2.05) is 31.3 Å². The van der Waals surface area contributed by atoms with Gasteiger partial charge in [-0.25, -0.2) is 4.39 Å². The van der Waals surface area contributed by atoms with E-state index in [0.29, 0.717) is 6.54 Å². The van der Waals surface area contributed by atoms with E-state index >= 15 is 0 Å². The van der Waals surface area contributed by atoms with E-state index in [1.54, 1.807) is 12.1 Å². The lowest BCUT2D eigenvalue weighted by Gasteiger charge is -2.27. The van der Waals surface area contributed by atoms with Crippen molar-refractivity contribution in [1.29, 1.82) is 0 Å². The quantitative estimate of drug-likeness (QED) is 0.928. The lowest BCUT2D eigenvalue weighted by Crippen LogP contribution is -2.34. The molecule has 0 aromatic heterocycles. The number of fused-ring (bicyclic) bond motifs is 1. The van der Waals surface area contributed by atoms with Crippen LogP contribution in [0.1, 0.15) is 22.8 Å². The maximum absolute atomic E-state index is 13.2. The van der Waals surface area contributed by atoms with Crippen LogP contribution in [0.15, 0.2) is 48.5 Å². The molecule has 20 heavy (non-hydrogen) atoms. The summed E-state index contributed by atoms with van der Waals surface area (Å²) in [6.45, 7) is 0.632. The van der Waals surface area contributed by atoms with Gasteiger partial charge in [0.15, 0.2) is 0 Å². The molecule has 1 N–H and O–H groups in total. The Balaban J connectivity index is 1.75. The number of likely N-dealkylation sites (N-methyl/N-ethyl adjacent to an activating group) is 1. The van der Waals surface area contributed by atoms with Crippen molar-refractivity contribution in [2.45, 2.75) is 25.1 Å². The summed E-state index contributed by atoms with van der Waals surface area (Å²) in [7, 11) is 1.98. The molecule has 0 fully saturated rings. The first-order valence-electron chi connectivity index (χ1n) is 6.85. The Labute approximate surface area is 118 Å². The first kappa shape index (κ1) is 13.3. The maximum Gasteiger partial charge on any atom is 0.123 e. The zero-order valence-electron chi connectivity index (χ0n) is 11.5. The van der Waals surface area contributed by atoms with Gasteiger partial charge in [-0.3, -0.25) is 4.90 Å². The van der Waals surface area contributed by atoms with Gasteiger partial charge in [-0.05, 0) is 42.3 Å². The molecule has 3 rings (SSSR count).